The lowest BCUT2D eigenvalue weighted by Gasteiger charge is -2.47. The summed E-state index contributed by atoms with van der Waals surface area (Å²) in [6, 6.07) is -1.24. The largest absolute Gasteiger partial charge is 0.462 e. The third-order valence-electron chi connectivity index (χ3n) is 13.9. The number of fused-ring (bicyclic) bond motifs is 4. The van der Waals surface area contributed by atoms with E-state index in [9.17, 15) is 30.3 Å². The molecule has 5 unspecified atom stereocenters. The van der Waals surface area contributed by atoms with Crippen molar-refractivity contribution in [3.05, 3.63) is 0 Å². The molecule has 6 N–H and O–H groups in total. The topological polar surface area (TPSA) is 238 Å². The zero-order chi connectivity index (χ0) is 44.4. The van der Waals surface area contributed by atoms with Gasteiger partial charge in [-0.2, -0.15) is 5.48 Å². The Bertz CT molecular complexity index is 1370. The molecule has 21 atom stereocenters. The first-order chi connectivity index (χ1) is 28.3. The molecule has 0 aliphatic carbocycles. The summed E-state index contributed by atoms with van der Waals surface area (Å²) in [7, 11) is 9.45. The number of hydroxylamine groups is 1. The van der Waals surface area contributed by atoms with Crippen LogP contribution in [-0.4, -0.2) is 195 Å². The van der Waals surface area contributed by atoms with Crippen molar-refractivity contribution in [1.82, 2.24) is 10.4 Å². The molecule has 0 saturated carbocycles. The molecule has 350 valence electrons. The molecule has 2 bridgehead atoms. The number of methoxy groups -OCH3 is 4. The van der Waals surface area contributed by atoms with Gasteiger partial charge in [-0.25, -0.2) is 0 Å². The molecule has 5 saturated heterocycles. The predicted octanol–water partition coefficient (Wildman–Crippen LogP) is 0.0504. The number of carbonyl (C=O) groups is 1. The van der Waals surface area contributed by atoms with Crippen molar-refractivity contribution in [1.29, 1.82) is 0 Å². The highest BCUT2D eigenvalue weighted by molar-refractivity contribution is 5.70. The highest BCUT2D eigenvalue weighted by Gasteiger charge is 2.66. The van der Waals surface area contributed by atoms with E-state index in [1.165, 1.54) is 28.4 Å². The zero-order valence-corrected chi connectivity index (χ0v) is 37.4. The zero-order valence-electron chi connectivity index (χ0n) is 37.4. The van der Waals surface area contributed by atoms with E-state index in [-0.39, 0.29) is 25.9 Å². The molecular weight excluding hydrogens is 792 g/mol. The Kier molecular flexibility index (Phi) is 17.2. The van der Waals surface area contributed by atoms with Gasteiger partial charge in [0.15, 0.2) is 24.7 Å². The SMILES string of the molecule is CC[C@H]1OC(=O)C[C@@H](O)[C@H](C)[C@@H](O[C@@H]2O[C@H](C)[C@@H](O)[C@H](N(C)C)[C@H]2O)C(CC(OC)OC)C[C@@H](C)C2(O)CC(NO2)C2(C)OC2[C@@H]1CO[C@@H]1O[C@H](C)[C@@H](O)[C@@H](OC)[C@H]1OC. The number of hydrogen-bond acceptors (Lipinski definition) is 19. The van der Waals surface area contributed by atoms with Gasteiger partial charge in [-0.1, -0.05) is 20.8 Å². The van der Waals surface area contributed by atoms with E-state index in [1.807, 2.05) is 20.8 Å². The number of cyclic esters (lactones) is 1. The van der Waals surface area contributed by atoms with Crippen LogP contribution in [0.1, 0.15) is 73.6 Å². The van der Waals surface area contributed by atoms with Crippen molar-refractivity contribution in [3.8, 4) is 0 Å². The first-order valence-corrected chi connectivity index (χ1v) is 21.4. The molecular formula is C41H74N2O17. The van der Waals surface area contributed by atoms with E-state index < -0.39 is 146 Å². The Balaban J connectivity index is 1.48. The van der Waals surface area contributed by atoms with Crippen LogP contribution >= 0.6 is 0 Å². The van der Waals surface area contributed by atoms with Gasteiger partial charge in [0.25, 0.3) is 0 Å². The van der Waals surface area contributed by atoms with Crippen molar-refractivity contribution in [2.45, 2.75) is 183 Å². The fraction of sp³-hybridized carbons (Fsp3) is 0.976. The minimum atomic E-state index is -1.69. The average Bonchev–Trinajstić information content (AvgIpc) is 3.71. The lowest BCUT2D eigenvalue weighted by molar-refractivity contribution is -0.307. The summed E-state index contributed by atoms with van der Waals surface area (Å²) in [5.41, 5.74) is 2.16. The summed E-state index contributed by atoms with van der Waals surface area (Å²) in [5.74, 6) is -4.79. The number of aliphatic hydroxyl groups is 5. The van der Waals surface area contributed by atoms with Crippen LogP contribution in [0, 0.1) is 23.7 Å². The second-order valence-electron chi connectivity index (χ2n) is 18.0. The van der Waals surface area contributed by atoms with Gasteiger partial charge in [0.05, 0.1) is 61.7 Å². The fourth-order valence-corrected chi connectivity index (χ4v) is 9.80. The molecule has 0 aromatic heterocycles. The highest BCUT2D eigenvalue weighted by atomic mass is 16.8. The van der Waals surface area contributed by atoms with E-state index in [0.717, 1.165) is 0 Å². The molecule has 19 heteroatoms. The second kappa shape index (κ2) is 20.7. The average molecular weight is 867 g/mol. The molecule has 5 heterocycles. The second-order valence-corrected chi connectivity index (χ2v) is 18.0. The third kappa shape index (κ3) is 10.5. The lowest BCUT2D eigenvalue weighted by Crippen LogP contribution is -2.63. The van der Waals surface area contributed by atoms with Crippen molar-refractivity contribution in [2.75, 3.05) is 49.1 Å². The molecule has 0 aromatic carbocycles. The summed E-state index contributed by atoms with van der Waals surface area (Å²) in [6.45, 7) is 10.8. The number of ether oxygens (including phenoxy) is 10. The molecule has 5 aliphatic rings. The normalized spacial score (nSPS) is 48.2. The number of carbonyl (C=O) groups excluding carboxylic acids is 1. The van der Waals surface area contributed by atoms with Gasteiger partial charge in [-0.15, -0.1) is 0 Å². The summed E-state index contributed by atoms with van der Waals surface area (Å²) in [5, 5.41) is 57.4. The third-order valence-corrected chi connectivity index (χ3v) is 13.9. The van der Waals surface area contributed by atoms with Crippen molar-refractivity contribution in [3.63, 3.8) is 0 Å². The number of nitrogens with zero attached hydrogens (tertiary/aromatic N) is 1. The first-order valence-electron chi connectivity index (χ1n) is 21.4. The standard InChI is InChI=1S/C41H74N2O17/c1-13-26-24(18-54-39-36(53-12)35(52-11)32(47)22(5)56-39)37-40(6,59-37)27-17-41(49,60-42-27)19(2)14-23(15-29(50-9)51-10)34(20(3)25(44)16-28(45)57-26)58-38-33(48)30(43(7)8)31(46)21(4)55-38/h19-27,29-39,42,44,46-49H,13-18H2,1-12H3/t19-,20+,21-,22-,23?,24-,25-,26-,27?,30+,31-,32-,33-,34-,35-,36-,37?,38+,39-,40?,41?/m1/s1. The van der Waals surface area contributed by atoms with Gasteiger partial charge >= 0.3 is 5.97 Å². The molecule has 0 amide bonds. The molecule has 0 radical (unpaired) electrons. The van der Waals surface area contributed by atoms with E-state index in [4.69, 9.17) is 52.2 Å². The van der Waals surface area contributed by atoms with Gasteiger partial charge in [-0.05, 0) is 53.6 Å². The summed E-state index contributed by atoms with van der Waals surface area (Å²) in [6.07, 6.45) is -12.0. The molecule has 60 heavy (non-hydrogen) atoms. The van der Waals surface area contributed by atoms with Crippen molar-refractivity contribution in [2.24, 2.45) is 23.7 Å². The number of esters is 1. The Labute approximate surface area is 354 Å². The monoisotopic (exact) mass is 866 g/mol. The van der Waals surface area contributed by atoms with Gasteiger partial charge in [0.2, 0.25) is 0 Å². The van der Waals surface area contributed by atoms with E-state index in [0.29, 0.717) is 6.42 Å². The molecule has 19 nitrogen and oxygen atoms in total. The molecule has 0 aromatic rings. The van der Waals surface area contributed by atoms with Crippen LogP contribution in [0.2, 0.25) is 0 Å². The first kappa shape index (κ1) is 49.8. The summed E-state index contributed by atoms with van der Waals surface area (Å²) < 4.78 is 60.4. The van der Waals surface area contributed by atoms with Crippen LogP contribution in [0.5, 0.6) is 0 Å². The van der Waals surface area contributed by atoms with E-state index >= 15 is 0 Å². The maximum atomic E-state index is 13.9. The minimum absolute atomic E-state index is 0.00837. The maximum Gasteiger partial charge on any atom is 0.308 e. The molecule has 5 rings (SSSR count). The number of hydrogen-bond donors (Lipinski definition) is 6. The Morgan fingerprint density at radius 1 is 0.900 bits per heavy atom. The van der Waals surface area contributed by atoms with Crippen molar-refractivity contribution < 1.29 is 82.5 Å². The Hall–Kier alpha value is -1.21. The van der Waals surface area contributed by atoms with E-state index in [2.05, 4.69) is 5.48 Å². The van der Waals surface area contributed by atoms with Gasteiger partial charge in [-0.3, -0.25) is 9.63 Å². The van der Waals surface area contributed by atoms with Crippen LogP contribution < -0.4 is 5.48 Å². The number of rotatable bonds is 13. The molecule has 0 spiro atoms. The fourth-order valence-electron chi connectivity index (χ4n) is 9.80. The van der Waals surface area contributed by atoms with E-state index in [1.54, 1.807) is 39.8 Å². The van der Waals surface area contributed by atoms with Gasteiger partial charge < -0.3 is 77.8 Å². The minimum Gasteiger partial charge on any atom is -0.462 e. The van der Waals surface area contributed by atoms with Crippen LogP contribution in [0.15, 0.2) is 0 Å². The Morgan fingerprint density at radius 3 is 2.13 bits per heavy atom. The highest BCUT2D eigenvalue weighted by Crippen LogP contribution is 2.51. The van der Waals surface area contributed by atoms with Crippen LogP contribution in [0.4, 0.5) is 0 Å². The molecule has 5 fully saturated rings. The molecule has 5 aliphatic heterocycles. The number of epoxide rings is 1. The lowest BCUT2D eigenvalue weighted by atomic mass is 9.76. The van der Waals surface area contributed by atoms with Crippen LogP contribution in [0.25, 0.3) is 0 Å². The van der Waals surface area contributed by atoms with Gasteiger partial charge in [0, 0.05) is 59.0 Å². The van der Waals surface area contributed by atoms with Crippen molar-refractivity contribution >= 4 is 5.97 Å². The maximum absolute atomic E-state index is 13.9. The summed E-state index contributed by atoms with van der Waals surface area (Å²) in [4.78, 5) is 21.7. The predicted molar refractivity (Wildman–Crippen MR) is 211 cm³/mol. The number of aliphatic hydroxyl groups excluding tert-OH is 4. The quantitative estimate of drug-likeness (QED) is 0.0815. The summed E-state index contributed by atoms with van der Waals surface area (Å²) >= 11 is 0. The number of likely N-dealkylation sites (N-methyl/N-ethyl adjacent to an activating group) is 1. The van der Waals surface area contributed by atoms with Crippen LogP contribution in [-0.2, 0) is 57.0 Å². The number of nitrogens with one attached hydrogen (secondary N) is 1. The van der Waals surface area contributed by atoms with Crippen LogP contribution in [0.3, 0.4) is 0 Å². The smallest absolute Gasteiger partial charge is 0.308 e. The Morgan fingerprint density at radius 2 is 1.53 bits per heavy atom. The van der Waals surface area contributed by atoms with Gasteiger partial charge in [0.1, 0.15) is 36.1 Å².